The molecule has 0 unspecified atom stereocenters. The lowest BCUT2D eigenvalue weighted by Gasteiger charge is -2.03. The van der Waals surface area contributed by atoms with Crippen molar-refractivity contribution in [2.75, 3.05) is 11.9 Å². The minimum Gasteiger partial charge on any atom is -0.384 e. The number of fused-ring (bicyclic) bond motifs is 2. The topological polar surface area (TPSA) is 46.9 Å². The summed E-state index contributed by atoms with van der Waals surface area (Å²) in [4.78, 5) is 16.1. The molecule has 15 heavy (non-hydrogen) atoms. The van der Waals surface area contributed by atoms with Gasteiger partial charge in [-0.2, -0.15) is 0 Å². The number of hydrogen-bond acceptors (Lipinski definition) is 3. The van der Waals surface area contributed by atoms with Gasteiger partial charge in [-0.05, 0) is 24.1 Å². The molecule has 1 N–H and O–H groups in total. The van der Waals surface area contributed by atoms with Gasteiger partial charge in [0.15, 0.2) is 0 Å². The highest BCUT2D eigenvalue weighted by Gasteiger charge is 2.12. The van der Waals surface area contributed by atoms with Crippen molar-refractivity contribution >= 4 is 16.6 Å². The van der Waals surface area contributed by atoms with Gasteiger partial charge in [0.2, 0.25) is 0 Å². The smallest absolute Gasteiger partial charge is 0.260 e. The van der Waals surface area contributed by atoms with Crippen molar-refractivity contribution in [3.63, 3.8) is 0 Å². The third kappa shape index (κ3) is 1.14. The largest absolute Gasteiger partial charge is 0.384 e. The zero-order valence-electron chi connectivity index (χ0n) is 8.45. The highest BCUT2D eigenvalue weighted by Crippen LogP contribution is 2.25. The summed E-state index contributed by atoms with van der Waals surface area (Å²) in [5.41, 5.74) is 3.12. The van der Waals surface area contributed by atoms with Crippen LogP contribution in [0.15, 0.2) is 23.3 Å². The van der Waals surface area contributed by atoms with E-state index >= 15 is 0 Å². The highest BCUT2D eigenvalue weighted by atomic mass is 16.1. The molecule has 1 aromatic carbocycles. The molecule has 76 valence electrons. The molecule has 4 nitrogen and oxygen atoms in total. The van der Waals surface area contributed by atoms with E-state index < -0.39 is 0 Å². The van der Waals surface area contributed by atoms with Gasteiger partial charge in [0.1, 0.15) is 0 Å². The zero-order valence-corrected chi connectivity index (χ0v) is 8.45. The highest BCUT2D eigenvalue weighted by molar-refractivity contribution is 5.84. The van der Waals surface area contributed by atoms with Crippen LogP contribution < -0.4 is 10.9 Å². The van der Waals surface area contributed by atoms with Crippen LogP contribution >= 0.6 is 0 Å². The molecule has 0 saturated heterocycles. The standard InChI is InChI=1S/C11H11N3O/c1-14-6-13-10-5-9-7(2-3-12-9)4-8(10)11(14)15/h4-6,12H,2-3H2,1H3. The summed E-state index contributed by atoms with van der Waals surface area (Å²) in [5, 5.41) is 3.99. The van der Waals surface area contributed by atoms with Crippen molar-refractivity contribution in [1.82, 2.24) is 9.55 Å². The zero-order chi connectivity index (χ0) is 10.4. The monoisotopic (exact) mass is 201 g/mol. The van der Waals surface area contributed by atoms with Crippen LogP contribution in [-0.2, 0) is 13.5 Å². The minimum atomic E-state index is 0.0229. The van der Waals surface area contributed by atoms with Crippen LogP contribution in [0.2, 0.25) is 0 Å². The molecular formula is C11H11N3O. The summed E-state index contributed by atoms with van der Waals surface area (Å²) >= 11 is 0. The van der Waals surface area contributed by atoms with E-state index in [1.54, 1.807) is 13.4 Å². The van der Waals surface area contributed by atoms with Gasteiger partial charge >= 0.3 is 0 Å². The van der Waals surface area contributed by atoms with Crippen molar-refractivity contribution in [3.05, 3.63) is 34.4 Å². The van der Waals surface area contributed by atoms with E-state index in [0.717, 1.165) is 24.2 Å². The summed E-state index contributed by atoms with van der Waals surface area (Å²) in [6.45, 7) is 0.950. The number of anilines is 1. The molecule has 4 heteroatoms. The van der Waals surface area contributed by atoms with Crippen LogP contribution in [0.5, 0.6) is 0 Å². The summed E-state index contributed by atoms with van der Waals surface area (Å²) in [5.74, 6) is 0. The molecular weight excluding hydrogens is 190 g/mol. The Hall–Kier alpha value is -1.84. The van der Waals surface area contributed by atoms with Crippen LogP contribution in [-0.4, -0.2) is 16.1 Å². The lowest BCUT2D eigenvalue weighted by atomic mass is 10.1. The van der Waals surface area contributed by atoms with Crippen molar-refractivity contribution in [2.24, 2.45) is 7.05 Å². The lowest BCUT2D eigenvalue weighted by Crippen LogP contribution is -2.16. The molecule has 1 aliphatic rings. The maximum Gasteiger partial charge on any atom is 0.260 e. The third-order valence-electron chi connectivity index (χ3n) is 2.85. The van der Waals surface area contributed by atoms with E-state index in [0.29, 0.717) is 5.39 Å². The Balaban J connectivity index is 2.44. The Morgan fingerprint density at radius 2 is 2.33 bits per heavy atom. The predicted octanol–water partition coefficient (Wildman–Crippen LogP) is 0.901. The fraction of sp³-hybridized carbons (Fsp3) is 0.273. The number of nitrogens with zero attached hydrogens (tertiary/aromatic N) is 2. The van der Waals surface area contributed by atoms with Gasteiger partial charge in [-0.1, -0.05) is 0 Å². The molecule has 1 aliphatic heterocycles. The molecule has 0 bridgehead atoms. The van der Waals surface area contributed by atoms with Gasteiger partial charge in [0, 0.05) is 19.3 Å². The number of nitrogens with one attached hydrogen (secondary N) is 1. The summed E-state index contributed by atoms with van der Waals surface area (Å²) < 4.78 is 1.51. The quantitative estimate of drug-likeness (QED) is 0.689. The van der Waals surface area contributed by atoms with Crippen molar-refractivity contribution in [1.29, 1.82) is 0 Å². The van der Waals surface area contributed by atoms with E-state index in [-0.39, 0.29) is 5.56 Å². The number of aryl methyl sites for hydroxylation is 1. The second-order valence-corrected chi connectivity index (χ2v) is 3.86. The lowest BCUT2D eigenvalue weighted by molar-refractivity contribution is 0.843. The number of rotatable bonds is 0. The van der Waals surface area contributed by atoms with E-state index in [2.05, 4.69) is 10.3 Å². The molecule has 2 aromatic rings. The number of hydrogen-bond donors (Lipinski definition) is 1. The fourth-order valence-electron chi connectivity index (χ4n) is 2.01. The average Bonchev–Trinajstić information content (AvgIpc) is 2.68. The average molecular weight is 201 g/mol. The third-order valence-corrected chi connectivity index (χ3v) is 2.85. The first-order valence-corrected chi connectivity index (χ1v) is 4.98. The first kappa shape index (κ1) is 8.47. The van der Waals surface area contributed by atoms with Gasteiger partial charge < -0.3 is 9.88 Å². The van der Waals surface area contributed by atoms with Gasteiger partial charge in [0.25, 0.3) is 5.56 Å². The Morgan fingerprint density at radius 1 is 1.47 bits per heavy atom. The summed E-state index contributed by atoms with van der Waals surface area (Å²) in [7, 11) is 1.72. The fourth-order valence-corrected chi connectivity index (χ4v) is 2.01. The van der Waals surface area contributed by atoms with Crippen molar-refractivity contribution in [2.45, 2.75) is 6.42 Å². The van der Waals surface area contributed by atoms with E-state index in [9.17, 15) is 4.79 Å². The summed E-state index contributed by atoms with van der Waals surface area (Å²) in [6, 6.07) is 3.92. The second kappa shape index (κ2) is 2.82. The van der Waals surface area contributed by atoms with Gasteiger partial charge in [-0.25, -0.2) is 4.98 Å². The predicted molar refractivity (Wildman–Crippen MR) is 59.2 cm³/mol. The maximum atomic E-state index is 11.8. The molecule has 1 aromatic heterocycles. The van der Waals surface area contributed by atoms with Crippen molar-refractivity contribution in [3.8, 4) is 0 Å². The molecule has 0 amide bonds. The number of benzene rings is 1. The Bertz CT molecular complexity index is 601. The molecule has 2 heterocycles. The minimum absolute atomic E-state index is 0.0229. The normalized spacial score (nSPS) is 13.9. The molecule has 0 saturated carbocycles. The van der Waals surface area contributed by atoms with E-state index in [1.807, 2.05) is 12.1 Å². The van der Waals surface area contributed by atoms with Crippen molar-refractivity contribution < 1.29 is 0 Å². The van der Waals surface area contributed by atoms with Crippen LogP contribution in [0.25, 0.3) is 10.9 Å². The maximum absolute atomic E-state index is 11.8. The van der Waals surface area contributed by atoms with Gasteiger partial charge in [-0.15, -0.1) is 0 Å². The van der Waals surface area contributed by atoms with Crippen LogP contribution in [0.3, 0.4) is 0 Å². The Labute approximate surface area is 86.6 Å². The van der Waals surface area contributed by atoms with Gasteiger partial charge in [0.05, 0.1) is 17.2 Å². The number of aromatic nitrogens is 2. The summed E-state index contributed by atoms with van der Waals surface area (Å²) in [6.07, 6.45) is 2.55. The first-order chi connectivity index (χ1) is 7.25. The van der Waals surface area contributed by atoms with E-state index in [1.165, 1.54) is 10.1 Å². The Kier molecular flexibility index (Phi) is 1.59. The van der Waals surface area contributed by atoms with Crippen LogP contribution in [0.1, 0.15) is 5.56 Å². The molecule has 3 rings (SSSR count). The molecule has 0 aliphatic carbocycles. The first-order valence-electron chi connectivity index (χ1n) is 4.98. The van der Waals surface area contributed by atoms with Crippen LogP contribution in [0.4, 0.5) is 5.69 Å². The molecule has 0 fully saturated rings. The van der Waals surface area contributed by atoms with Gasteiger partial charge in [-0.3, -0.25) is 4.79 Å². The molecule has 0 spiro atoms. The molecule has 0 radical (unpaired) electrons. The molecule has 0 atom stereocenters. The van der Waals surface area contributed by atoms with Crippen LogP contribution in [0, 0.1) is 0 Å². The SMILES string of the molecule is Cn1cnc2cc3c(cc2c1=O)CCN3. The van der Waals surface area contributed by atoms with E-state index in [4.69, 9.17) is 0 Å². The second-order valence-electron chi connectivity index (χ2n) is 3.86. The Morgan fingerprint density at radius 3 is 3.20 bits per heavy atom.